The summed E-state index contributed by atoms with van der Waals surface area (Å²) in [6.45, 7) is 8.16. The van der Waals surface area contributed by atoms with Gasteiger partial charge in [-0.25, -0.2) is 0 Å². The van der Waals surface area contributed by atoms with Crippen LogP contribution in [0.5, 0.6) is 0 Å². The summed E-state index contributed by atoms with van der Waals surface area (Å²) < 4.78 is 0. The minimum Gasteiger partial charge on any atom is -0.314 e. The van der Waals surface area contributed by atoms with Gasteiger partial charge >= 0.3 is 0 Å². The minimum atomic E-state index is 0.297. The van der Waals surface area contributed by atoms with Gasteiger partial charge in [0.15, 0.2) is 0 Å². The molecule has 1 fully saturated rings. The monoisotopic (exact) mass is 230 g/mol. The summed E-state index contributed by atoms with van der Waals surface area (Å²) in [4.78, 5) is 2.71. The Bertz CT molecular complexity index is 386. The molecule has 0 aromatic heterocycles. The van der Waals surface area contributed by atoms with Gasteiger partial charge in [-0.05, 0) is 37.8 Å². The highest BCUT2D eigenvalue weighted by Crippen LogP contribution is 2.30. The molecule has 1 aromatic carbocycles. The molecule has 3 rings (SSSR count). The normalized spacial score (nSPS) is 24.8. The molecule has 0 bridgehead atoms. The third-order valence-electron chi connectivity index (χ3n) is 4.33. The number of benzene rings is 1. The first kappa shape index (κ1) is 11.2. The summed E-state index contributed by atoms with van der Waals surface area (Å²) in [5, 5.41) is 3.51. The van der Waals surface area contributed by atoms with Gasteiger partial charge in [-0.2, -0.15) is 0 Å². The van der Waals surface area contributed by atoms with Gasteiger partial charge in [0, 0.05) is 31.2 Å². The Kier molecular flexibility index (Phi) is 2.72. The van der Waals surface area contributed by atoms with Gasteiger partial charge in [-0.1, -0.05) is 24.3 Å². The quantitative estimate of drug-likeness (QED) is 0.792. The summed E-state index contributed by atoms with van der Waals surface area (Å²) in [6, 6.07) is 9.65. The van der Waals surface area contributed by atoms with E-state index in [-0.39, 0.29) is 0 Å². The molecular weight excluding hydrogens is 208 g/mol. The van der Waals surface area contributed by atoms with Gasteiger partial charge in [0.05, 0.1) is 0 Å². The van der Waals surface area contributed by atoms with Crippen molar-refractivity contribution in [1.82, 2.24) is 10.2 Å². The van der Waals surface area contributed by atoms with Crippen molar-refractivity contribution in [3.05, 3.63) is 35.4 Å². The number of piperazine rings is 1. The SMILES string of the molecule is CC1(C)CNCCN1C1Cc2ccccc2C1. The van der Waals surface area contributed by atoms with Crippen LogP contribution in [0.25, 0.3) is 0 Å². The second-order valence-electron chi connectivity index (χ2n) is 6.01. The summed E-state index contributed by atoms with van der Waals surface area (Å²) in [5.74, 6) is 0. The van der Waals surface area contributed by atoms with Gasteiger partial charge in [0.1, 0.15) is 0 Å². The largest absolute Gasteiger partial charge is 0.314 e. The minimum absolute atomic E-state index is 0.297. The van der Waals surface area contributed by atoms with E-state index in [2.05, 4.69) is 48.3 Å². The molecule has 2 nitrogen and oxygen atoms in total. The molecule has 1 N–H and O–H groups in total. The van der Waals surface area contributed by atoms with Crippen molar-refractivity contribution >= 4 is 0 Å². The molecule has 1 aromatic rings. The molecule has 1 aliphatic carbocycles. The molecule has 1 heterocycles. The highest BCUT2D eigenvalue weighted by Gasteiger charge is 2.37. The zero-order valence-electron chi connectivity index (χ0n) is 10.9. The predicted molar refractivity (Wildman–Crippen MR) is 71.3 cm³/mol. The summed E-state index contributed by atoms with van der Waals surface area (Å²) in [7, 11) is 0. The summed E-state index contributed by atoms with van der Waals surface area (Å²) in [5.41, 5.74) is 3.42. The van der Waals surface area contributed by atoms with E-state index in [1.807, 2.05) is 0 Å². The lowest BCUT2D eigenvalue weighted by atomic mass is 9.96. The Labute approximate surface area is 104 Å². The first-order valence-electron chi connectivity index (χ1n) is 6.71. The van der Waals surface area contributed by atoms with Gasteiger partial charge < -0.3 is 5.32 Å². The van der Waals surface area contributed by atoms with Crippen LogP contribution in [-0.2, 0) is 12.8 Å². The molecule has 2 aliphatic rings. The van der Waals surface area contributed by atoms with Crippen LogP contribution in [0, 0.1) is 0 Å². The van der Waals surface area contributed by atoms with Gasteiger partial charge in [-0.3, -0.25) is 4.90 Å². The Morgan fingerprint density at radius 1 is 1.18 bits per heavy atom. The van der Waals surface area contributed by atoms with Crippen LogP contribution in [0.4, 0.5) is 0 Å². The predicted octanol–water partition coefficient (Wildman–Crippen LogP) is 1.84. The second kappa shape index (κ2) is 4.11. The average Bonchev–Trinajstić information content (AvgIpc) is 2.71. The third kappa shape index (κ3) is 2.00. The number of nitrogens with one attached hydrogen (secondary N) is 1. The van der Waals surface area contributed by atoms with Gasteiger partial charge in [-0.15, -0.1) is 0 Å². The molecule has 17 heavy (non-hydrogen) atoms. The first-order chi connectivity index (χ1) is 8.17. The molecule has 2 heteroatoms. The van der Waals surface area contributed by atoms with Crippen LogP contribution < -0.4 is 5.32 Å². The first-order valence-corrected chi connectivity index (χ1v) is 6.71. The van der Waals surface area contributed by atoms with E-state index in [1.54, 1.807) is 11.1 Å². The van der Waals surface area contributed by atoms with Crippen LogP contribution in [0.3, 0.4) is 0 Å². The van der Waals surface area contributed by atoms with Crippen molar-refractivity contribution in [2.75, 3.05) is 19.6 Å². The van der Waals surface area contributed by atoms with Crippen LogP contribution in [0.2, 0.25) is 0 Å². The maximum absolute atomic E-state index is 3.51. The Morgan fingerprint density at radius 2 is 1.82 bits per heavy atom. The number of fused-ring (bicyclic) bond motifs is 1. The summed E-state index contributed by atoms with van der Waals surface area (Å²) in [6.07, 6.45) is 2.47. The maximum atomic E-state index is 3.51. The molecular formula is C15H22N2. The van der Waals surface area contributed by atoms with Crippen molar-refractivity contribution in [3.63, 3.8) is 0 Å². The highest BCUT2D eigenvalue weighted by molar-refractivity contribution is 5.33. The van der Waals surface area contributed by atoms with Crippen LogP contribution in [0.1, 0.15) is 25.0 Å². The van der Waals surface area contributed by atoms with Crippen molar-refractivity contribution < 1.29 is 0 Å². The lowest BCUT2D eigenvalue weighted by Crippen LogP contribution is -2.61. The Balaban J connectivity index is 1.79. The molecule has 92 valence electrons. The third-order valence-corrected chi connectivity index (χ3v) is 4.33. The topological polar surface area (TPSA) is 15.3 Å². The fourth-order valence-corrected chi connectivity index (χ4v) is 3.43. The molecule has 0 spiro atoms. The molecule has 1 saturated heterocycles. The van der Waals surface area contributed by atoms with E-state index in [9.17, 15) is 0 Å². The number of hydrogen-bond acceptors (Lipinski definition) is 2. The lowest BCUT2D eigenvalue weighted by molar-refractivity contribution is 0.0488. The van der Waals surface area contributed by atoms with E-state index in [0.29, 0.717) is 11.6 Å². The number of hydrogen-bond donors (Lipinski definition) is 1. The Hall–Kier alpha value is -0.860. The standard InChI is InChI=1S/C15H22N2/c1-15(2)11-16-7-8-17(15)14-9-12-5-3-4-6-13(12)10-14/h3-6,14,16H,7-11H2,1-2H3. The highest BCUT2D eigenvalue weighted by atomic mass is 15.3. The molecule has 0 unspecified atom stereocenters. The van der Waals surface area contributed by atoms with Crippen LogP contribution in [-0.4, -0.2) is 36.1 Å². The zero-order valence-corrected chi connectivity index (χ0v) is 10.9. The van der Waals surface area contributed by atoms with Crippen molar-refractivity contribution in [2.45, 2.75) is 38.3 Å². The summed E-state index contributed by atoms with van der Waals surface area (Å²) >= 11 is 0. The second-order valence-corrected chi connectivity index (χ2v) is 6.01. The molecule has 0 amide bonds. The average molecular weight is 230 g/mol. The van der Waals surface area contributed by atoms with E-state index in [0.717, 1.165) is 13.1 Å². The zero-order chi connectivity index (χ0) is 11.9. The Morgan fingerprint density at radius 3 is 2.41 bits per heavy atom. The molecule has 0 atom stereocenters. The smallest absolute Gasteiger partial charge is 0.0281 e. The van der Waals surface area contributed by atoms with E-state index in [4.69, 9.17) is 0 Å². The molecule has 0 saturated carbocycles. The van der Waals surface area contributed by atoms with Gasteiger partial charge in [0.2, 0.25) is 0 Å². The molecule has 0 radical (unpaired) electrons. The number of rotatable bonds is 1. The van der Waals surface area contributed by atoms with Crippen molar-refractivity contribution in [3.8, 4) is 0 Å². The van der Waals surface area contributed by atoms with E-state index >= 15 is 0 Å². The van der Waals surface area contributed by atoms with Crippen molar-refractivity contribution in [2.24, 2.45) is 0 Å². The van der Waals surface area contributed by atoms with Crippen LogP contribution in [0.15, 0.2) is 24.3 Å². The van der Waals surface area contributed by atoms with E-state index in [1.165, 1.54) is 19.4 Å². The van der Waals surface area contributed by atoms with Crippen LogP contribution >= 0.6 is 0 Å². The fraction of sp³-hybridized carbons (Fsp3) is 0.600. The van der Waals surface area contributed by atoms with Gasteiger partial charge in [0.25, 0.3) is 0 Å². The lowest BCUT2D eigenvalue weighted by Gasteiger charge is -2.46. The van der Waals surface area contributed by atoms with E-state index < -0.39 is 0 Å². The maximum Gasteiger partial charge on any atom is 0.0281 e. The molecule has 1 aliphatic heterocycles. The number of nitrogens with zero attached hydrogens (tertiary/aromatic N) is 1. The fourth-order valence-electron chi connectivity index (χ4n) is 3.43. The van der Waals surface area contributed by atoms with Crippen molar-refractivity contribution in [1.29, 1.82) is 0 Å².